The number of anilines is 3. The molecular formula is C17H17ClN2O. The highest BCUT2D eigenvalue weighted by molar-refractivity contribution is 6.30. The highest BCUT2D eigenvalue weighted by Gasteiger charge is 2.29. The molecule has 2 aromatic carbocycles. The smallest absolute Gasteiger partial charge is 0.227 e. The molecule has 2 N–H and O–H groups in total. The number of hydrogen-bond donors (Lipinski definition) is 2. The van der Waals surface area contributed by atoms with E-state index < -0.39 is 0 Å². The predicted octanol–water partition coefficient (Wildman–Crippen LogP) is 4.74. The minimum absolute atomic E-state index is 0.126. The third-order valence-corrected chi connectivity index (χ3v) is 3.81. The number of nitrogens with one attached hydrogen (secondary N) is 2. The Hall–Kier alpha value is -2.00. The van der Waals surface area contributed by atoms with Crippen LogP contribution < -0.4 is 10.6 Å². The third-order valence-electron chi connectivity index (χ3n) is 3.58. The lowest BCUT2D eigenvalue weighted by Crippen LogP contribution is -2.13. The summed E-state index contributed by atoms with van der Waals surface area (Å²) in [5.41, 5.74) is 3.91. The third kappa shape index (κ3) is 3.56. The number of halogens is 1. The standard InChI is InChI=1S/C17H17ClN2O/c1-11-2-5-13(18)10-16(11)19-14-6-8-15(9-7-14)20-17(21)12-3-4-12/h2,5-10,12,19H,3-4H2,1H3,(H,20,21). The van der Waals surface area contributed by atoms with Crippen LogP contribution in [-0.2, 0) is 4.79 Å². The molecule has 2 aromatic rings. The maximum atomic E-state index is 11.7. The molecule has 1 saturated carbocycles. The summed E-state index contributed by atoms with van der Waals surface area (Å²) >= 11 is 6.01. The molecule has 1 aliphatic rings. The largest absolute Gasteiger partial charge is 0.355 e. The van der Waals surface area contributed by atoms with Gasteiger partial charge >= 0.3 is 0 Å². The molecule has 108 valence electrons. The fourth-order valence-electron chi connectivity index (χ4n) is 2.11. The summed E-state index contributed by atoms with van der Waals surface area (Å²) in [6, 6.07) is 13.5. The zero-order valence-electron chi connectivity index (χ0n) is 11.8. The van der Waals surface area contributed by atoms with Crippen LogP contribution in [0.5, 0.6) is 0 Å². The molecule has 0 atom stereocenters. The summed E-state index contributed by atoms with van der Waals surface area (Å²) in [5, 5.41) is 6.96. The lowest BCUT2D eigenvalue weighted by Gasteiger charge is -2.11. The van der Waals surface area contributed by atoms with Crippen LogP contribution in [0.3, 0.4) is 0 Å². The molecule has 1 amide bonds. The van der Waals surface area contributed by atoms with Gasteiger partial charge in [-0.15, -0.1) is 0 Å². The van der Waals surface area contributed by atoms with E-state index in [0.717, 1.165) is 35.5 Å². The summed E-state index contributed by atoms with van der Waals surface area (Å²) in [6.07, 6.45) is 2.03. The van der Waals surface area contributed by atoms with E-state index in [-0.39, 0.29) is 11.8 Å². The maximum Gasteiger partial charge on any atom is 0.227 e. The SMILES string of the molecule is Cc1ccc(Cl)cc1Nc1ccc(NC(=O)C2CC2)cc1. The Morgan fingerprint density at radius 3 is 2.43 bits per heavy atom. The second-order valence-corrected chi connectivity index (χ2v) is 5.86. The summed E-state index contributed by atoms with van der Waals surface area (Å²) in [6.45, 7) is 2.03. The Morgan fingerprint density at radius 1 is 1.10 bits per heavy atom. The molecule has 3 rings (SSSR count). The molecule has 0 aliphatic heterocycles. The molecule has 0 bridgehead atoms. The minimum atomic E-state index is 0.126. The van der Waals surface area contributed by atoms with Crippen LogP contribution in [0, 0.1) is 12.8 Å². The summed E-state index contributed by atoms with van der Waals surface area (Å²) in [4.78, 5) is 11.7. The van der Waals surface area contributed by atoms with Crippen molar-refractivity contribution in [3.05, 3.63) is 53.1 Å². The Labute approximate surface area is 129 Å². The first-order valence-electron chi connectivity index (χ1n) is 7.06. The minimum Gasteiger partial charge on any atom is -0.355 e. The number of carbonyl (C=O) groups is 1. The average Bonchev–Trinajstić information content (AvgIpc) is 3.29. The van der Waals surface area contributed by atoms with Gasteiger partial charge in [0.05, 0.1) is 0 Å². The monoisotopic (exact) mass is 300 g/mol. The highest BCUT2D eigenvalue weighted by atomic mass is 35.5. The van der Waals surface area contributed by atoms with Crippen molar-refractivity contribution in [3.63, 3.8) is 0 Å². The van der Waals surface area contributed by atoms with E-state index in [9.17, 15) is 4.79 Å². The predicted molar refractivity (Wildman–Crippen MR) is 87.3 cm³/mol. The molecule has 0 radical (unpaired) electrons. The number of carbonyl (C=O) groups excluding carboxylic acids is 1. The molecular weight excluding hydrogens is 284 g/mol. The van der Waals surface area contributed by atoms with Crippen molar-refractivity contribution < 1.29 is 4.79 Å². The molecule has 3 nitrogen and oxygen atoms in total. The van der Waals surface area contributed by atoms with Gasteiger partial charge < -0.3 is 10.6 Å². The highest BCUT2D eigenvalue weighted by Crippen LogP contribution is 2.30. The van der Waals surface area contributed by atoms with E-state index in [1.54, 1.807) is 0 Å². The number of rotatable bonds is 4. The maximum absolute atomic E-state index is 11.7. The Bertz CT molecular complexity index is 663. The van der Waals surface area contributed by atoms with E-state index in [1.165, 1.54) is 0 Å². The molecule has 1 fully saturated rings. The molecule has 4 heteroatoms. The first-order valence-corrected chi connectivity index (χ1v) is 7.44. The fraction of sp³-hybridized carbons (Fsp3) is 0.235. The molecule has 0 aromatic heterocycles. The molecule has 0 unspecified atom stereocenters. The number of amides is 1. The van der Waals surface area contributed by atoms with E-state index >= 15 is 0 Å². The Morgan fingerprint density at radius 2 is 1.76 bits per heavy atom. The second kappa shape index (κ2) is 5.78. The number of benzene rings is 2. The van der Waals surface area contributed by atoms with Crippen molar-refractivity contribution >= 4 is 34.6 Å². The van der Waals surface area contributed by atoms with E-state index in [0.29, 0.717) is 5.02 Å². The van der Waals surface area contributed by atoms with Gasteiger partial charge in [-0.1, -0.05) is 17.7 Å². The van der Waals surface area contributed by atoms with Crippen molar-refractivity contribution in [1.29, 1.82) is 0 Å². The quantitative estimate of drug-likeness (QED) is 0.856. The fourth-order valence-corrected chi connectivity index (χ4v) is 2.28. The van der Waals surface area contributed by atoms with Gasteiger partial charge in [0, 0.05) is 28.0 Å². The normalized spacial score (nSPS) is 13.8. The number of hydrogen-bond acceptors (Lipinski definition) is 2. The van der Waals surface area contributed by atoms with Crippen LogP contribution in [0.25, 0.3) is 0 Å². The van der Waals surface area contributed by atoms with E-state index in [2.05, 4.69) is 10.6 Å². The second-order valence-electron chi connectivity index (χ2n) is 5.43. The molecule has 0 spiro atoms. The van der Waals surface area contributed by atoms with Crippen molar-refractivity contribution in [3.8, 4) is 0 Å². The van der Waals surface area contributed by atoms with Crippen molar-refractivity contribution in [1.82, 2.24) is 0 Å². The summed E-state index contributed by atoms with van der Waals surface area (Å²) in [7, 11) is 0. The lowest BCUT2D eigenvalue weighted by molar-refractivity contribution is -0.117. The van der Waals surface area contributed by atoms with Crippen molar-refractivity contribution in [2.45, 2.75) is 19.8 Å². The zero-order valence-corrected chi connectivity index (χ0v) is 12.6. The zero-order chi connectivity index (χ0) is 14.8. The van der Waals surface area contributed by atoms with Gasteiger partial charge in [-0.3, -0.25) is 4.79 Å². The summed E-state index contributed by atoms with van der Waals surface area (Å²) in [5.74, 6) is 0.346. The Kier molecular flexibility index (Phi) is 3.84. The van der Waals surface area contributed by atoms with Crippen LogP contribution >= 0.6 is 11.6 Å². The van der Waals surface area contributed by atoms with Gasteiger partial charge in [0.25, 0.3) is 0 Å². The van der Waals surface area contributed by atoms with Gasteiger partial charge in [-0.2, -0.15) is 0 Å². The van der Waals surface area contributed by atoms with Crippen LogP contribution in [0.2, 0.25) is 5.02 Å². The van der Waals surface area contributed by atoms with Gasteiger partial charge in [-0.25, -0.2) is 0 Å². The van der Waals surface area contributed by atoms with Crippen molar-refractivity contribution in [2.75, 3.05) is 10.6 Å². The van der Waals surface area contributed by atoms with Crippen LogP contribution in [0.4, 0.5) is 17.1 Å². The van der Waals surface area contributed by atoms with Gasteiger partial charge in [0.15, 0.2) is 0 Å². The van der Waals surface area contributed by atoms with Crippen LogP contribution in [0.15, 0.2) is 42.5 Å². The van der Waals surface area contributed by atoms with Gasteiger partial charge in [-0.05, 0) is 61.7 Å². The molecule has 0 heterocycles. The first-order chi connectivity index (χ1) is 10.1. The molecule has 21 heavy (non-hydrogen) atoms. The van der Waals surface area contributed by atoms with Crippen molar-refractivity contribution in [2.24, 2.45) is 5.92 Å². The average molecular weight is 301 g/mol. The van der Waals surface area contributed by atoms with Gasteiger partial charge in [0.1, 0.15) is 0 Å². The topological polar surface area (TPSA) is 41.1 Å². The van der Waals surface area contributed by atoms with Crippen LogP contribution in [-0.4, -0.2) is 5.91 Å². The first kappa shape index (κ1) is 14.0. The molecule has 1 aliphatic carbocycles. The van der Waals surface area contributed by atoms with E-state index in [4.69, 9.17) is 11.6 Å². The summed E-state index contributed by atoms with van der Waals surface area (Å²) < 4.78 is 0. The van der Waals surface area contributed by atoms with E-state index in [1.807, 2.05) is 49.4 Å². The molecule has 0 saturated heterocycles. The lowest BCUT2D eigenvalue weighted by atomic mass is 10.2. The Balaban J connectivity index is 1.68. The van der Waals surface area contributed by atoms with Gasteiger partial charge in [0.2, 0.25) is 5.91 Å². The van der Waals surface area contributed by atoms with Crippen LogP contribution in [0.1, 0.15) is 18.4 Å². The number of aryl methyl sites for hydroxylation is 1.